The summed E-state index contributed by atoms with van der Waals surface area (Å²) < 4.78 is 5.81. The molecule has 4 aliphatic carbocycles. The quantitative estimate of drug-likeness (QED) is 0.491. The van der Waals surface area contributed by atoms with Crippen molar-refractivity contribution >= 4 is 11.8 Å². The zero-order valence-corrected chi connectivity index (χ0v) is 19.8. The van der Waals surface area contributed by atoms with Crippen molar-refractivity contribution in [1.29, 1.82) is 0 Å². The molecule has 29 heavy (non-hydrogen) atoms. The van der Waals surface area contributed by atoms with Crippen molar-refractivity contribution in [2.45, 2.75) is 106 Å². The second-order valence-electron chi connectivity index (χ2n) is 12.4. The molecule has 0 aromatic carbocycles. The van der Waals surface area contributed by atoms with E-state index < -0.39 is 0 Å². The summed E-state index contributed by atoms with van der Waals surface area (Å²) in [6.07, 6.45) is 9.10. The predicted molar refractivity (Wildman–Crippen MR) is 115 cm³/mol. The summed E-state index contributed by atoms with van der Waals surface area (Å²) in [5.41, 5.74) is 0.660. The molecule has 0 bridgehead atoms. The average Bonchev–Trinajstić information content (AvgIpc) is 2.62. The van der Waals surface area contributed by atoms with Gasteiger partial charge in [0.2, 0.25) is 0 Å². The summed E-state index contributed by atoms with van der Waals surface area (Å²) in [5, 5.41) is 0. The predicted octanol–water partition coefficient (Wildman–Crippen LogP) is 6.19. The number of ether oxygens (including phenoxy) is 1. The zero-order valence-electron chi connectivity index (χ0n) is 19.8. The summed E-state index contributed by atoms with van der Waals surface area (Å²) in [7, 11) is 0. The maximum Gasteiger partial charge on any atom is 0.302 e. The van der Waals surface area contributed by atoms with Crippen LogP contribution >= 0.6 is 0 Å². The number of fused-ring (bicyclic) bond motifs is 5. The van der Waals surface area contributed by atoms with Crippen LogP contribution in [-0.4, -0.2) is 17.9 Å². The SMILES string of the molecule is CC(=O)O[C@H]1CC[C@]2(C)[C@H]3CC[C@@H]4C(=O)[C@H](C)CC[C@@]4(C)[C@]3(C)CC[C@H]2C1(C)C. The van der Waals surface area contributed by atoms with E-state index in [0.717, 1.165) is 25.7 Å². The van der Waals surface area contributed by atoms with Crippen molar-refractivity contribution in [2.24, 2.45) is 45.3 Å². The van der Waals surface area contributed by atoms with Gasteiger partial charge in [-0.25, -0.2) is 0 Å². The lowest BCUT2D eigenvalue weighted by molar-refractivity contribution is -0.233. The Labute approximate surface area is 177 Å². The molecule has 8 atom stereocenters. The molecule has 4 rings (SSSR count). The summed E-state index contributed by atoms with van der Waals surface area (Å²) >= 11 is 0. The molecule has 0 amide bonds. The van der Waals surface area contributed by atoms with Crippen LogP contribution in [0.15, 0.2) is 0 Å². The highest BCUT2D eigenvalue weighted by molar-refractivity contribution is 5.85. The van der Waals surface area contributed by atoms with Gasteiger partial charge in [-0.1, -0.05) is 41.5 Å². The van der Waals surface area contributed by atoms with Crippen molar-refractivity contribution in [3.63, 3.8) is 0 Å². The van der Waals surface area contributed by atoms with Gasteiger partial charge < -0.3 is 4.74 Å². The van der Waals surface area contributed by atoms with E-state index >= 15 is 0 Å². The van der Waals surface area contributed by atoms with Gasteiger partial charge in [-0.05, 0) is 79.4 Å². The van der Waals surface area contributed by atoms with Gasteiger partial charge in [0, 0.05) is 24.2 Å². The van der Waals surface area contributed by atoms with E-state index in [1.165, 1.54) is 25.7 Å². The molecule has 0 N–H and O–H groups in total. The van der Waals surface area contributed by atoms with Gasteiger partial charge in [-0.2, -0.15) is 0 Å². The molecule has 0 aromatic heterocycles. The first-order valence-corrected chi connectivity index (χ1v) is 12.1. The van der Waals surface area contributed by atoms with Crippen LogP contribution in [0.2, 0.25) is 0 Å². The third-order valence-electron chi connectivity index (χ3n) is 11.0. The Kier molecular flexibility index (Phi) is 4.84. The first-order chi connectivity index (χ1) is 13.4. The third kappa shape index (κ3) is 2.74. The van der Waals surface area contributed by atoms with Crippen LogP contribution in [0, 0.1) is 45.3 Å². The van der Waals surface area contributed by atoms with Crippen LogP contribution in [-0.2, 0) is 14.3 Å². The Balaban J connectivity index is 1.69. The second-order valence-corrected chi connectivity index (χ2v) is 12.4. The van der Waals surface area contributed by atoms with E-state index in [4.69, 9.17) is 4.74 Å². The lowest BCUT2D eigenvalue weighted by Gasteiger charge is -2.71. The van der Waals surface area contributed by atoms with Crippen molar-refractivity contribution in [3.05, 3.63) is 0 Å². The van der Waals surface area contributed by atoms with E-state index in [0.29, 0.717) is 17.6 Å². The molecule has 0 aliphatic heterocycles. The Morgan fingerprint density at radius 3 is 2.17 bits per heavy atom. The van der Waals surface area contributed by atoms with Crippen LogP contribution in [0.5, 0.6) is 0 Å². The zero-order chi connectivity index (χ0) is 21.4. The fourth-order valence-electron chi connectivity index (χ4n) is 9.24. The van der Waals surface area contributed by atoms with Crippen LogP contribution < -0.4 is 0 Å². The standard InChI is InChI=1S/C26H42O3/c1-16-10-14-25(6)18(22(16)28)8-9-20-24(5)13-12-21(29-17(2)27)23(3,4)19(24)11-15-26(20,25)7/h16,18-21H,8-15H2,1-7H3/t16-,18-,19+,20-,21+,24+,25-,26-/m1/s1. The molecular formula is C26H42O3. The second kappa shape index (κ2) is 6.57. The van der Waals surface area contributed by atoms with E-state index in [9.17, 15) is 9.59 Å². The lowest BCUT2D eigenvalue weighted by atomic mass is 9.34. The lowest BCUT2D eigenvalue weighted by Crippen LogP contribution is -2.66. The molecule has 3 heteroatoms. The van der Waals surface area contributed by atoms with E-state index in [-0.39, 0.29) is 45.6 Å². The number of ketones is 1. The van der Waals surface area contributed by atoms with Crippen molar-refractivity contribution in [3.8, 4) is 0 Å². The molecule has 0 spiro atoms. The van der Waals surface area contributed by atoms with E-state index in [1.54, 1.807) is 6.92 Å². The number of rotatable bonds is 1. The summed E-state index contributed by atoms with van der Waals surface area (Å²) in [6.45, 7) is 15.9. The normalized spacial score (nSPS) is 51.4. The average molecular weight is 403 g/mol. The van der Waals surface area contributed by atoms with Crippen LogP contribution in [0.25, 0.3) is 0 Å². The fraction of sp³-hybridized carbons (Fsp3) is 0.923. The van der Waals surface area contributed by atoms with Gasteiger partial charge in [0.1, 0.15) is 11.9 Å². The Morgan fingerprint density at radius 1 is 0.862 bits per heavy atom. The number of hydrogen-bond donors (Lipinski definition) is 0. The number of carbonyl (C=O) groups excluding carboxylic acids is 2. The highest BCUT2D eigenvalue weighted by atomic mass is 16.5. The molecule has 0 radical (unpaired) electrons. The molecule has 0 unspecified atom stereocenters. The van der Waals surface area contributed by atoms with Gasteiger partial charge in [-0.3, -0.25) is 9.59 Å². The van der Waals surface area contributed by atoms with Crippen LogP contribution in [0.3, 0.4) is 0 Å². The largest absolute Gasteiger partial charge is 0.462 e. The molecule has 0 heterocycles. The first-order valence-electron chi connectivity index (χ1n) is 12.1. The molecule has 0 saturated heterocycles. The van der Waals surface area contributed by atoms with Crippen molar-refractivity contribution in [1.82, 2.24) is 0 Å². The molecular weight excluding hydrogens is 360 g/mol. The summed E-state index contributed by atoms with van der Waals surface area (Å²) in [4.78, 5) is 24.9. The minimum Gasteiger partial charge on any atom is -0.462 e. The van der Waals surface area contributed by atoms with Crippen LogP contribution in [0.4, 0.5) is 0 Å². The highest BCUT2D eigenvalue weighted by Gasteiger charge is 2.68. The smallest absolute Gasteiger partial charge is 0.302 e. The van der Waals surface area contributed by atoms with Gasteiger partial charge in [-0.15, -0.1) is 0 Å². The third-order valence-corrected chi connectivity index (χ3v) is 11.0. The topological polar surface area (TPSA) is 43.4 Å². The first kappa shape index (κ1) is 21.4. The monoisotopic (exact) mass is 402 g/mol. The van der Waals surface area contributed by atoms with Crippen molar-refractivity contribution < 1.29 is 14.3 Å². The molecule has 4 aliphatic rings. The molecule has 164 valence electrons. The van der Waals surface area contributed by atoms with Crippen LogP contribution in [0.1, 0.15) is 99.8 Å². The van der Waals surface area contributed by atoms with Gasteiger partial charge in [0.25, 0.3) is 0 Å². The van der Waals surface area contributed by atoms with E-state index in [1.807, 2.05) is 0 Å². The van der Waals surface area contributed by atoms with Crippen molar-refractivity contribution in [2.75, 3.05) is 0 Å². The summed E-state index contributed by atoms with van der Waals surface area (Å²) in [6, 6.07) is 0. The number of hydrogen-bond acceptors (Lipinski definition) is 3. The summed E-state index contributed by atoms with van der Waals surface area (Å²) in [5.74, 6) is 2.15. The minimum atomic E-state index is -0.143. The molecule has 4 saturated carbocycles. The highest BCUT2D eigenvalue weighted by Crippen LogP contribution is 2.73. The van der Waals surface area contributed by atoms with Gasteiger partial charge in [0.05, 0.1) is 0 Å². The number of carbonyl (C=O) groups is 2. The number of esters is 1. The minimum absolute atomic E-state index is 0.00858. The Hall–Kier alpha value is -0.860. The molecule has 0 aromatic rings. The Morgan fingerprint density at radius 2 is 1.52 bits per heavy atom. The fourth-order valence-corrected chi connectivity index (χ4v) is 9.24. The van der Waals surface area contributed by atoms with Gasteiger partial charge >= 0.3 is 5.97 Å². The molecule has 4 fully saturated rings. The maximum absolute atomic E-state index is 13.1. The van der Waals surface area contributed by atoms with Gasteiger partial charge in [0.15, 0.2) is 0 Å². The van der Waals surface area contributed by atoms with E-state index in [2.05, 4.69) is 41.5 Å². The number of Topliss-reactive ketones (excluding diaryl/α,β-unsaturated/α-hetero) is 1. The maximum atomic E-state index is 13.1. The molecule has 3 nitrogen and oxygen atoms in total. The Bertz CT molecular complexity index is 711.